The number of rotatable bonds is 15. The van der Waals surface area contributed by atoms with E-state index in [1.165, 1.54) is 23.7 Å². The van der Waals surface area contributed by atoms with Gasteiger partial charge in [-0.15, -0.1) is 0 Å². The Bertz CT molecular complexity index is 1470. The molecule has 3 amide bonds. The maximum Gasteiger partial charge on any atom is 0.408 e. The Balaban J connectivity index is 1.38. The zero-order valence-corrected chi connectivity index (χ0v) is 26.2. The Morgan fingerprint density at radius 1 is 1.11 bits per heavy atom. The zero-order chi connectivity index (χ0) is 32.9. The van der Waals surface area contributed by atoms with Crippen molar-refractivity contribution in [3.05, 3.63) is 83.2 Å². The molecule has 0 spiro atoms. The SMILES string of the molecule is Cc1ccc(OCCC2CCCNC2)cc1CNC(=O)C(NC(=O)C(CC(=O)O)NC(=O)OCc1ccccc1)c1cnn(C)c1. The van der Waals surface area contributed by atoms with E-state index in [-0.39, 0.29) is 13.2 Å². The number of ether oxygens (including phenoxy) is 2. The van der Waals surface area contributed by atoms with E-state index < -0.39 is 42.4 Å². The average molecular weight is 635 g/mol. The minimum Gasteiger partial charge on any atom is -0.494 e. The largest absolute Gasteiger partial charge is 0.494 e. The lowest BCUT2D eigenvalue weighted by atomic mass is 9.97. The molecule has 13 nitrogen and oxygen atoms in total. The summed E-state index contributed by atoms with van der Waals surface area (Å²) in [7, 11) is 1.66. The zero-order valence-electron chi connectivity index (χ0n) is 26.2. The molecule has 2 aromatic carbocycles. The molecule has 0 aliphatic carbocycles. The van der Waals surface area contributed by atoms with Crippen molar-refractivity contribution < 1.29 is 33.8 Å². The van der Waals surface area contributed by atoms with E-state index in [1.807, 2.05) is 31.2 Å². The molecule has 13 heteroatoms. The number of hydrogen-bond donors (Lipinski definition) is 5. The Labute approximate surface area is 268 Å². The number of amides is 3. The first kappa shape index (κ1) is 34.0. The van der Waals surface area contributed by atoms with Crippen LogP contribution in [0.5, 0.6) is 5.75 Å². The van der Waals surface area contributed by atoms with Crippen molar-refractivity contribution in [2.45, 2.75) is 57.8 Å². The topological polar surface area (TPSA) is 173 Å². The number of carboxylic acids is 1. The van der Waals surface area contributed by atoms with Crippen LogP contribution in [-0.2, 0) is 39.3 Å². The maximum atomic E-state index is 13.5. The van der Waals surface area contributed by atoms with Gasteiger partial charge in [-0.1, -0.05) is 36.4 Å². The summed E-state index contributed by atoms with van der Waals surface area (Å²) in [5, 5.41) is 24.7. The van der Waals surface area contributed by atoms with Gasteiger partial charge < -0.3 is 35.8 Å². The standard InChI is InChI=1S/C33H42N6O7/c1-22-10-11-27(45-14-12-23-9-6-13-34-17-23)15-25(22)18-35-32(43)30(26-19-36-39(2)20-26)38-31(42)28(16-29(40)41)37-33(44)46-21-24-7-4-3-5-8-24/h3-5,7-8,10-11,15,19-20,23,28,30,34H,6,9,12-14,16-18,21H2,1-2H3,(H,35,43)(H,37,44)(H,38,42)(H,40,41). The number of nitrogens with one attached hydrogen (secondary N) is 4. The fourth-order valence-electron chi connectivity index (χ4n) is 5.15. The van der Waals surface area contributed by atoms with Crippen LogP contribution in [0.3, 0.4) is 0 Å². The molecule has 1 aliphatic heterocycles. The van der Waals surface area contributed by atoms with Crippen LogP contribution in [0.2, 0.25) is 0 Å². The molecule has 3 aromatic rings. The number of carbonyl (C=O) groups excluding carboxylic acids is 3. The van der Waals surface area contributed by atoms with Crippen molar-refractivity contribution >= 4 is 23.9 Å². The van der Waals surface area contributed by atoms with Crippen LogP contribution in [0, 0.1) is 12.8 Å². The Morgan fingerprint density at radius 2 is 1.91 bits per heavy atom. The summed E-state index contributed by atoms with van der Waals surface area (Å²) < 4.78 is 12.7. The average Bonchev–Trinajstić information content (AvgIpc) is 3.48. The fraction of sp³-hybridized carbons (Fsp3) is 0.424. The van der Waals surface area contributed by atoms with Crippen molar-refractivity contribution in [1.82, 2.24) is 31.0 Å². The smallest absolute Gasteiger partial charge is 0.408 e. The van der Waals surface area contributed by atoms with Crippen LogP contribution in [0.1, 0.15) is 54.0 Å². The Kier molecular flexibility index (Phi) is 12.5. The molecule has 0 radical (unpaired) electrons. The predicted octanol–water partition coefficient (Wildman–Crippen LogP) is 2.74. The van der Waals surface area contributed by atoms with Crippen LogP contribution in [0.4, 0.5) is 4.79 Å². The van der Waals surface area contributed by atoms with Crippen molar-refractivity contribution in [3.8, 4) is 5.75 Å². The predicted molar refractivity (Wildman–Crippen MR) is 169 cm³/mol. The summed E-state index contributed by atoms with van der Waals surface area (Å²) in [6.45, 7) is 4.69. The van der Waals surface area contributed by atoms with Crippen LogP contribution < -0.4 is 26.0 Å². The lowest BCUT2D eigenvalue weighted by Crippen LogP contribution is -2.51. The maximum absolute atomic E-state index is 13.5. The van der Waals surface area contributed by atoms with Gasteiger partial charge in [-0.3, -0.25) is 19.1 Å². The quantitative estimate of drug-likeness (QED) is 0.169. The normalized spacial score (nSPS) is 15.7. The molecule has 0 bridgehead atoms. The van der Waals surface area contributed by atoms with Crippen molar-refractivity contribution in [1.29, 1.82) is 0 Å². The van der Waals surface area contributed by atoms with E-state index in [2.05, 4.69) is 26.4 Å². The Hall–Kier alpha value is -4.91. The molecule has 1 aromatic heterocycles. The van der Waals surface area contributed by atoms with E-state index in [0.29, 0.717) is 23.8 Å². The number of aryl methyl sites for hydroxylation is 2. The first-order chi connectivity index (χ1) is 22.2. The third-order valence-electron chi connectivity index (χ3n) is 7.77. The summed E-state index contributed by atoms with van der Waals surface area (Å²) in [4.78, 5) is 50.8. The number of nitrogens with zero attached hydrogens (tertiary/aromatic N) is 2. The second kappa shape index (κ2) is 17.0. The number of benzene rings is 2. The number of hydrogen-bond acceptors (Lipinski definition) is 8. The number of carbonyl (C=O) groups is 4. The molecule has 4 rings (SSSR count). The molecule has 1 aliphatic rings. The van der Waals surface area contributed by atoms with E-state index >= 15 is 0 Å². The highest BCUT2D eigenvalue weighted by molar-refractivity contribution is 5.93. The van der Waals surface area contributed by atoms with Crippen molar-refractivity contribution in [2.75, 3.05) is 19.7 Å². The number of carboxylic acid groups (broad SMARTS) is 1. The van der Waals surface area contributed by atoms with Crippen molar-refractivity contribution in [2.24, 2.45) is 13.0 Å². The second-order valence-electron chi connectivity index (χ2n) is 11.4. The summed E-state index contributed by atoms with van der Waals surface area (Å²) in [5.74, 6) is -1.43. The molecule has 1 fully saturated rings. The molecule has 3 unspecified atom stereocenters. The van der Waals surface area contributed by atoms with Gasteiger partial charge in [-0.05, 0) is 74.0 Å². The minimum atomic E-state index is -1.51. The van der Waals surface area contributed by atoms with Gasteiger partial charge in [-0.25, -0.2) is 4.79 Å². The highest BCUT2D eigenvalue weighted by Gasteiger charge is 2.30. The molecule has 246 valence electrons. The monoisotopic (exact) mass is 634 g/mol. The van der Waals surface area contributed by atoms with E-state index in [9.17, 15) is 24.3 Å². The third kappa shape index (κ3) is 10.6. The number of piperidine rings is 1. The lowest BCUT2D eigenvalue weighted by Gasteiger charge is -2.23. The van der Waals surface area contributed by atoms with Gasteiger partial charge in [0.05, 0.1) is 19.2 Å². The van der Waals surface area contributed by atoms with Gasteiger partial charge in [0.1, 0.15) is 24.4 Å². The highest BCUT2D eigenvalue weighted by Crippen LogP contribution is 2.20. The second-order valence-corrected chi connectivity index (χ2v) is 11.4. The molecule has 5 N–H and O–H groups in total. The molecule has 2 heterocycles. The van der Waals surface area contributed by atoms with Gasteiger partial charge in [0.25, 0.3) is 0 Å². The molecule has 1 saturated heterocycles. The third-order valence-corrected chi connectivity index (χ3v) is 7.77. The van der Waals surface area contributed by atoms with Crippen LogP contribution >= 0.6 is 0 Å². The summed E-state index contributed by atoms with van der Waals surface area (Å²) in [6, 6.07) is 11.9. The van der Waals surface area contributed by atoms with Crippen LogP contribution in [0.15, 0.2) is 60.9 Å². The van der Waals surface area contributed by atoms with Gasteiger partial charge in [-0.2, -0.15) is 5.10 Å². The first-order valence-corrected chi connectivity index (χ1v) is 15.4. The van der Waals surface area contributed by atoms with Gasteiger partial charge in [0, 0.05) is 25.4 Å². The van der Waals surface area contributed by atoms with Gasteiger partial charge >= 0.3 is 12.1 Å². The van der Waals surface area contributed by atoms with E-state index in [1.54, 1.807) is 37.5 Å². The summed E-state index contributed by atoms with van der Waals surface area (Å²) in [5.41, 5.74) is 2.88. The van der Waals surface area contributed by atoms with E-state index in [0.717, 1.165) is 36.2 Å². The summed E-state index contributed by atoms with van der Waals surface area (Å²) >= 11 is 0. The van der Waals surface area contributed by atoms with Gasteiger partial charge in [0.15, 0.2) is 0 Å². The van der Waals surface area contributed by atoms with Gasteiger partial charge in [0.2, 0.25) is 11.8 Å². The minimum absolute atomic E-state index is 0.0710. The van der Waals surface area contributed by atoms with Crippen LogP contribution in [0.25, 0.3) is 0 Å². The number of alkyl carbamates (subject to hydrolysis) is 1. The molecule has 46 heavy (non-hydrogen) atoms. The first-order valence-electron chi connectivity index (χ1n) is 15.4. The number of aliphatic carboxylic acids is 1. The van der Waals surface area contributed by atoms with E-state index in [4.69, 9.17) is 9.47 Å². The lowest BCUT2D eigenvalue weighted by molar-refractivity contribution is -0.140. The molecular formula is C33H42N6O7. The Morgan fingerprint density at radius 3 is 2.61 bits per heavy atom. The van der Waals surface area contributed by atoms with Crippen LogP contribution in [-0.4, -0.2) is 64.5 Å². The molecule has 3 atom stereocenters. The fourth-order valence-corrected chi connectivity index (χ4v) is 5.15. The molecular weight excluding hydrogens is 592 g/mol. The van der Waals surface area contributed by atoms with Crippen molar-refractivity contribution in [3.63, 3.8) is 0 Å². The number of aromatic nitrogens is 2. The highest BCUT2D eigenvalue weighted by atomic mass is 16.5. The summed E-state index contributed by atoms with van der Waals surface area (Å²) in [6.07, 6.45) is 4.64. The molecule has 0 saturated carbocycles.